The lowest BCUT2D eigenvalue weighted by atomic mass is 10.3. The van der Waals surface area contributed by atoms with Gasteiger partial charge in [-0.25, -0.2) is 4.79 Å². The Morgan fingerprint density at radius 2 is 2.00 bits per heavy atom. The predicted molar refractivity (Wildman–Crippen MR) is 53.8 cm³/mol. The van der Waals surface area contributed by atoms with E-state index >= 15 is 0 Å². The molecule has 1 aromatic rings. The van der Waals surface area contributed by atoms with E-state index in [1.165, 1.54) is 6.20 Å². The van der Waals surface area contributed by atoms with Gasteiger partial charge in [0, 0.05) is 10.7 Å². The third-order valence-corrected chi connectivity index (χ3v) is 1.59. The summed E-state index contributed by atoms with van der Waals surface area (Å²) in [4.78, 5) is 11.0. The second-order valence-electron chi connectivity index (χ2n) is 2.31. The Hall–Kier alpha value is -1.48. The molecule has 0 fully saturated rings. The van der Waals surface area contributed by atoms with Gasteiger partial charge >= 0.3 is 6.03 Å². The zero-order valence-electron chi connectivity index (χ0n) is 6.88. The maximum Gasteiger partial charge on any atom is 0.323 e. The average Bonchev–Trinajstić information content (AvgIpc) is 2.09. The van der Waals surface area contributed by atoms with Gasteiger partial charge < -0.3 is 10.6 Å². The average molecular weight is 197 g/mol. The van der Waals surface area contributed by atoms with Gasteiger partial charge in [0.1, 0.15) is 0 Å². The number of halogens is 1. The van der Waals surface area contributed by atoms with Crippen molar-refractivity contribution in [1.29, 1.82) is 0 Å². The smallest absolute Gasteiger partial charge is 0.315 e. The molecule has 0 bridgehead atoms. The van der Waals surface area contributed by atoms with E-state index in [-0.39, 0.29) is 6.03 Å². The summed E-state index contributed by atoms with van der Waals surface area (Å²) in [6.45, 7) is 3.36. The summed E-state index contributed by atoms with van der Waals surface area (Å²) in [7, 11) is 0. The zero-order valence-corrected chi connectivity index (χ0v) is 7.64. The van der Waals surface area contributed by atoms with E-state index < -0.39 is 0 Å². The fourth-order valence-corrected chi connectivity index (χ4v) is 0.919. The molecule has 0 aliphatic heterocycles. The molecule has 0 unspecified atom stereocenters. The fourth-order valence-electron chi connectivity index (χ4n) is 0.793. The highest BCUT2D eigenvalue weighted by Crippen LogP contribution is 2.12. The normalized spacial score (nSPS) is 9.00. The highest BCUT2D eigenvalue weighted by atomic mass is 35.5. The Morgan fingerprint density at radius 1 is 1.38 bits per heavy atom. The summed E-state index contributed by atoms with van der Waals surface area (Å²) in [6, 6.07) is 6.50. The van der Waals surface area contributed by atoms with Gasteiger partial charge in [0.2, 0.25) is 0 Å². The topological polar surface area (TPSA) is 41.1 Å². The number of nitrogens with one attached hydrogen (secondary N) is 2. The molecule has 3 nitrogen and oxygen atoms in total. The van der Waals surface area contributed by atoms with E-state index in [0.29, 0.717) is 10.7 Å². The lowest BCUT2D eigenvalue weighted by molar-refractivity contribution is 0.255. The predicted octanol–water partition coefficient (Wildman–Crippen LogP) is 2.61. The van der Waals surface area contributed by atoms with Crippen molar-refractivity contribution in [3.05, 3.63) is 42.1 Å². The summed E-state index contributed by atoms with van der Waals surface area (Å²) in [5, 5.41) is 5.61. The Bertz CT molecular complexity index is 308. The molecule has 0 aromatic heterocycles. The van der Waals surface area contributed by atoms with Crippen molar-refractivity contribution in [3.63, 3.8) is 0 Å². The van der Waals surface area contributed by atoms with Crippen LogP contribution in [0.15, 0.2) is 37.0 Å². The van der Waals surface area contributed by atoms with Gasteiger partial charge in [0.05, 0.1) is 0 Å². The number of hydrogen-bond donors (Lipinski definition) is 2. The van der Waals surface area contributed by atoms with Gasteiger partial charge in [0.25, 0.3) is 0 Å². The first-order valence-electron chi connectivity index (χ1n) is 3.66. The van der Waals surface area contributed by atoms with E-state index in [1.807, 2.05) is 0 Å². The SMILES string of the molecule is C=CNC(=O)Nc1ccc(Cl)cc1. The standard InChI is InChI=1S/C9H9ClN2O/c1-2-11-9(13)12-8-5-3-7(10)4-6-8/h2-6H,1H2,(H2,11,12,13). The largest absolute Gasteiger partial charge is 0.323 e. The molecule has 68 valence electrons. The molecule has 0 heterocycles. The minimum Gasteiger partial charge on any atom is -0.315 e. The molecule has 2 amide bonds. The molecule has 0 aliphatic rings. The van der Waals surface area contributed by atoms with Crippen molar-refractivity contribution in [1.82, 2.24) is 5.32 Å². The minimum absolute atomic E-state index is 0.322. The number of benzene rings is 1. The maximum absolute atomic E-state index is 11.0. The summed E-state index contributed by atoms with van der Waals surface area (Å²) in [6.07, 6.45) is 1.31. The third-order valence-electron chi connectivity index (χ3n) is 1.34. The first-order valence-corrected chi connectivity index (χ1v) is 4.04. The number of hydrogen-bond acceptors (Lipinski definition) is 1. The third kappa shape index (κ3) is 3.17. The number of carbonyl (C=O) groups excluding carboxylic acids is 1. The zero-order chi connectivity index (χ0) is 9.68. The van der Waals surface area contributed by atoms with E-state index in [4.69, 9.17) is 11.6 Å². The lowest BCUT2D eigenvalue weighted by Crippen LogP contribution is -2.23. The fraction of sp³-hybridized carbons (Fsp3) is 0. The van der Waals surface area contributed by atoms with E-state index in [1.54, 1.807) is 24.3 Å². The van der Waals surface area contributed by atoms with Crippen molar-refractivity contribution in [2.45, 2.75) is 0 Å². The Kier molecular flexibility index (Phi) is 3.34. The highest BCUT2D eigenvalue weighted by Gasteiger charge is 1.97. The van der Waals surface area contributed by atoms with E-state index in [2.05, 4.69) is 17.2 Å². The van der Waals surface area contributed by atoms with Crippen LogP contribution in [0, 0.1) is 0 Å². The monoisotopic (exact) mass is 196 g/mol. The van der Waals surface area contributed by atoms with Crippen LogP contribution in [0.3, 0.4) is 0 Å². The molecule has 4 heteroatoms. The molecule has 13 heavy (non-hydrogen) atoms. The molecule has 2 N–H and O–H groups in total. The minimum atomic E-state index is -0.322. The van der Waals surface area contributed by atoms with Gasteiger partial charge in [-0.15, -0.1) is 0 Å². The molecule has 1 rings (SSSR count). The second kappa shape index (κ2) is 4.52. The Morgan fingerprint density at radius 3 is 2.54 bits per heavy atom. The first kappa shape index (κ1) is 9.61. The summed E-state index contributed by atoms with van der Waals surface area (Å²) in [5.41, 5.74) is 0.684. The second-order valence-corrected chi connectivity index (χ2v) is 2.75. The number of carbonyl (C=O) groups is 1. The summed E-state index contributed by atoms with van der Waals surface area (Å²) in [5.74, 6) is 0. The van der Waals surface area contributed by atoms with Crippen molar-refractivity contribution in [2.24, 2.45) is 0 Å². The number of amides is 2. The molecule has 0 spiro atoms. The van der Waals surface area contributed by atoms with Crippen LogP contribution in [0.5, 0.6) is 0 Å². The Labute approximate surface area is 81.4 Å². The molecule has 0 aliphatic carbocycles. The van der Waals surface area contributed by atoms with Gasteiger partial charge in [-0.3, -0.25) is 0 Å². The van der Waals surface area contributed by atoms with Gasteiger partial charge in [0.15, 0.2) is 0 Å². The molecule has 1 aromatic carbocycles. The molecule has 0 saturated carbocycles. The highest BCUT2D eigenvalue weighted by molar-refractivity contribution is 6.30. The van der Waals surface area contributed by atoms with Crippen LogP contribution in [0.25, 0.3) is 0 Å². The molecular formula is C9H9ClN2O. The van der Waals surface area contributed by atoms with Crippen LogP contribution in [-0.4, -0.2) is 6.03 Å². The number of rotatable bonds is 2. The van der Waals surface area contributed by atoms with Crippen molar-refractivity contribution < 1.29 is 4.79 Å². The first-order chi connectivity index (χ1) is 6.22. The molecule has 0 radical (unpaired) electrons. The number of urea groups is 1. The van der Waals surface area contributed by atoms with Crippen molar-refractivity contribution in [3.8, 4) is 0 Å². The van der Waals surface area contributed by atoms with Crippen LogP contribution >= 0.6 is 11.6 Å². The van der Waals surface area contributed by atoms with E-state index in [9.17, 15) is 4.79 Å². The molecule has 0 atom stereocenters. The van der Waals surface area contributed by atoms with Crippen LogP contribution in [0.2, 0.25) is 5.02 Å². The van der Waals surface area contributed by atoms with Crippen LogP contribution in [0.1, 0.15) is 0 Å². The van der Waals surface area contributed by atoms with Gasteiger partial charge in [-0.2, -0.15) is 0 Å². The van der Waals surface area contributed by atoms with Crippen LogP contribution in [0.4, 0.5) is 10.5 Å². The Balaban J connectivity index is 2.59. The number of anilines is 1. The maximum atomic E-state index is 11.0. The van der Waals surface area contributed by atoms with Gasteiger partial charge in [-0.05, 0) is 30.5 Å². The summed E-state index contributed by atoms with van der Waals surface area (Å²) >= 11 is 5.66. The summed E-state index contributed by atoms with van der Waals surface area (Å²) < 4.78 is 0. The quantitative estimate of drug-likeness (QED) is 0.750. The van der Waals surface area contributed by atoms with Crippen LogP contribution < -0.4 is 10.6 Å². The van der Waals surface area contributed by atoms with Crippen LogP contribution in [-0.2, 0) is 0 Å². The molecule has 0 saturated heterocycles. The molecular weight excluding hydrogens is 188 g/mol. The van der Waals surface area contributed by atoms with E-state index in [0.717, 1.165) is 0 Å². The van der Waals surface area contributed by atoms with Gasteiger partial charge in [-0.1, -0.05) is 18.2 Å². The lowest BCUT2D eigenvalue weighted by Gasteiger charge is -2.03. The van der Waals surface area contributed by atoms with Crippen molar-refractivity contribution in [2.75, 3.05) is 5.32 Å². The van der Waals surface area contributed by atoms with Crippen molar-refractivity contribution >= 4 is 23.3 Å².